The lowest BCUT2D eigenvalue weighted by atomic mass is 9.86. The molecule has 3 aromatic carbocycles. The Balaban J connectivity index is 2.01. The normalized spacial score (nSPS) is 16.4. The number of carbonyl (C=O) groups is 1. The molecule has 4 heteroatoms. The summed E-state index contributed by atoms with van der Waals surface area (Å²) in [5.74, 6) is -0.548. The average Bonchev–Trinajstić information content (AvgIpc) is 2.66. The van der Waals surface area contributed by atoms with E-state index >= 15 is 0 Å². The summed E-state index contributed by atoms with van der Waals surface area (Å²) in [5, 5.41) is 16.3. The van der Waals surface area contributed by atoms with Crippen molar-refractivity contribution >= 4 is 16.7 Å². The van der Waals surface area contributed by atoms with Gasteiger partial charge in [0.15, 0.2) is 0 Å². The van der Waals surface area contributed by atoms with E-state index in [4.69, 9.17) is 4.74 Å². The number of phenolic OH excluding ortho intramolecular Hbond substituents is 1. The quantitative estimate of drug-likeness (QED) is 0.704. The van der Waals surface area contributed by atoms with Gasteiger partial charge in [0.2, 0.25) is 0 Å². The first-order chi connectivity index (χ1) is 12.2. The number of ether oxygens (including phenoxy) is 1. The van der Waals surface area contributed by atoms with Gasteiger partial charge in [-0.3, -0.25) is 0 Å². The molecular weight excluding hydrogens is 314 g/mol. The molecule has 0 aromatic heterocycles. The molecule has 0 amide bonds. The third-order valence-corrected chi connectivity index (χ3v) is 4.86. The molecule has 2 N–H and O–H groups in total. The van der Waals surface area contributed by atoms with Crippen LogP contribution in [-0.4, -0.2) is 24.7 Å². The van der Waals surface area contributed by atoms with Crippen molar-refractivity contribution in [3.8, 4) is 5.75 Å². The molecule has 1 heterocycles. The summed E-state index contributed by atoms with van der Waals surface area (Å²) in [6, 6.07) is 17.5. The van der Waals surface area contributed by atoms with Gasteiger partial charge in [0.25, 0.3) is 0 Å². The van der Waals surface area contributed by atoms with E-state index in [1.54, 1.807) is 6.07 Å². The summed E-state index contributed by atoms with van der Waals surface area (Å²) in [7, 11) is 1.32. The van der Waals surface area contributed by atoms with Gasteiger partial charge < -0.3 is 15.2 Å². The number of nitrogens with one attached hydrogen (secondary N) is 1. The number of aromatic hydroxyl groups is 1. The summed E-state index contributed by atoms with van der Waals surface area (Å²) >= 11 is 0. The SMILES string of the molecule is COC(=O)c1cc2ccccc2c(C2NCCc3ccccc32)c1O. The molecule has 1 aliphatic rings. The van der Waals surface area contributed by atoms with E-state index in [-0.39, 0.29) is 17.4 Å². The summed E-state index contributed by atoms with van der Waals surface area (Å²) in [5.41, 5.74) is 3.32. The van der Waals surface area contributed by atoms with Crippen molar-refractivity contribution in [3.05, 3.63) is 76.9 Å². The average molecular weight is 333 g/mol. The molecule has 0 spiro atoms. The first-order valence-corrected chi connectivity index (χ1v) is 8.35. The van der Waals surface area contributed by atoms with Crippen LogP contribution in [-0.2, 0) is 11.2 Å². The third-order valence-electron chi connectivity index (χ3n) is 4.86. The van der Waals surface area contributed by atoms with E-state index in [1.807, 2.05) is 36.4 Å². The zero-order valence-corrected chi connectivity index (χ0v) is 14.0. The molecule has 0 fully saturated rings. The topological polar surface area (TPSA) is 58.6 Å². The fourth-order valence-corrected chi connectivity index (χ4v) is 3.68. The van der Waals surface area contributed by atoms with Crippen LogP contribution in [0.2, 0.25) is 0 Å². The van der Waals surface area contributed by atoms with Crippen molar-refractivity contribution in [1.29, 1.82) is 0 Å². The van der Waals surface area contributed by atoms with Crippen LogP contribution in [0.4, 0.5) is 0 Å². The van der Waals surface area contributed by atoms with Crippen molar-refractivity contribution < 1.29 is 14.6 Å². The lowest BCUT2D eigenvalue weighted by Gasteiger charge is -2.29. The lowest BCUT2D eigenvalue weighted by molar-refractivity contribution is 0.0597. The van der Waals surface area contributed by atoms with Crippen LogP contribution < -0.4 is 5.32 Å². The van der Waals surface area contributed by atoms with Gasteiger partial charge in [-0.25, -0.2) is 4.79 Å². The molecule has 1 aliphatic heterocycles. The Kier molecular flexibility index (Phi) is 3.90. The molecule has 1 unspecified atom stereocenters. The van der Waals surface area contributed by atoms with Gasteiger partial charge >= 0.3 is 5.97 Å². The van der Waals surface area contributed by atoms with Crippen molar-refractivity contribution in [3.63, 3.8) is 0 Å². The molecule has 0 aliphatic carbocycles. The fraction of sp³-hybridized carbons (Fsp3) is 0.190. The highest BCUT2D eigenvalue weighted by Gasteiger charge is 2.28. The lowest BCUT2D eigenvalue weighted by Crippen LogP contribution is -2.31. The number of hydrogen-bond donors (Lipinski definition) is 2. The molecule has 3 aromatic rings. The van der Waals surface area contributed by atoms with Crippen molar-refractivity contribution in [1.82, 2.24) is 5.32 Å². The van der Waals surface area contributed by atoms with Crippen molar-refractivity contribution in [2.45, 2.75) is 12.5 Å². The minimum atomic E-state index is -0.534. The number of esters is 1. The summed E-state index contributed by atoms with van der Waals surface area (Å²) in [6.45, 7) is 0.817. The standard InChI is InChI=1S/C21H19NO3/c1-25-21(24)17-12-14-7-3-4-8-15(14)18(20(17)23)19-16-9-5-2-6-13(16)10-11-22-19/h2-9,12,19,22-23H,10-11H2,1H3. The van der Waals surface area contributed by atoms with E-state index in [0.717, 1.165) is 34.9 Å². The van der Waals surface area contributed by atoms with Crippen LogP contribution in [0.25, 0.3) is 10.8 Å². The molecule has 4 rings (SSSR count). The highest BCUT2D eigenvalue weighted by atomic mass is 16.5. The number of methoxy groups -OCH3 is 1. The van der Waals surface area contributed by atoms with Gasteiger partial charge in [-0.2, -0.15) is 0 Å². The molecule has 0 saturated heterocycles. The number of phenols is 1. The van der Waals surface area contributed by atoms with E-state index in [2.05, 4.69) is 17.4 Å². The van der Waals surface area contributed by atoms with Crippen LogP contribution in [0, 0.1) is 0 Å². The van der Waals surface area contributed by atoms with Gasteiger partial charge in [-0.05, 0) is 34.4 Å². The first-order valence-electron chi connectivity index (χ1n) is 8.35. The summed E-state index contributed by atoms with van der Waals surface area (Å²) < 4.78 is 4.86. The Morgan fingerprint density at radius 3 is 2.76 bits per heavy atom. The maximum absolute atomic E-state index is 12.2. The highest BCUT2D eigenvalue weighted by Crippen LogP contribution is 2.40. The number of hydrogen-bond acceptors (Lipinski definition) is 4. The Labute approximate surface area is 146 Å². The largest absolute Gasteiger partial charge is 0.507 e. The van der Waals surface area contributed by atoms with Crippen LogP contribution >= 0.6 is 0 Å². The van der Waals surface area contributed by atoms with Crippen LogP contribution in [0.15, 0.2) is 54.6 Å². The zero-order chi connectivity index (χ0) is 17.4. The summed E-state index contributed by atoms with van der Waals surface area (Å²) in [6.07, 6.45) is 0.946. The molecule has 126 valence electrons. The van der Waals surface area contributed by atoms with Gasteiger partial charge in [-0.15, -0.1) is 0 Å². The minimum Gasteiger partial charge on any atom is -0.507 e. The summed E-state index contributed by atoms with van der Waals surface area (Å²) in [4.78, 5) is 12.2. The highest BCUT2D eigenvalue weighted by molar-refractivity contribution is 6.01. The molecular formula is C21H19NO3. The van der Waals surface area contributed by atoms with E-state index in [1.165, 1.54) is 12.7 Å². The smallest absolute Gasteiger partial charge is 0.341 e. The van der Waals surface area contributed by atoms with Gasteiger partial charge in [0, 0.05) is 12.1 Å². The number of rotatable bonds is 2. The van der Waals surface area contributed by atoms with Gasteiger partial charge in [0.05, 0.1) is 13.2 Å². The Morgan fingerprint density at radius 2 is 1.92 bits per heavy atom. The van der Waals surface area contributed by atoms with Crippen LogP contribution in [0.3, 0.4) is 0 Å². The van der Waals surface area contributed by atoms with E-state index in [0.29, 0.717) is 0 Å². The molecule has 1 atom stereocenters. The zero-order valence-electron chi connectivity index (χ0n) is 14.0. The second kappa shape index (κ2) is 6.22. The minimum absolute atomic E-state index is 0.0141. The fourth-order valence-electron chi connectivity index (χ4n) is 3.68. The second-order valence-electron chi connectivity index (χ2n) is 6.24. The Morgan fingerprint density at radius 1 is 1.16 bits per heavy atom. The number of benzene rings is 3. The van der Waals surface area contributed by atoms with Gasteiger partial charge in [-0.1, -0.05) is 48.5 Å². The number of fused-ring (bicyclic) bond motifs is 2. The number of carbonyl (C=O) groups excluding carboxylic acids is 1. The monoisotopic (exact) mass is 333 g/mol. The molecule has 0 radical (unpaired) electrons. The van der Waals surface area contributed by atoms with Gasteiger partial charge in [0.1, 0.15) is 11.3 Å². The molecule has 0 bridgehead atoms. The van der Waals surface area contributed by atoms with Crippen LogP contribution in [0.5, 0.6) is 5.75 Å². The maximum Gasteiger partial charge on any atom is 0.341 e. The molecule has 4 nitrogen and oxygen atoms in total. The third kappa shape index (κ3) is 2.55. The molecule has 25 heavy (non-hydrogen) atoms. The Bertz CT molecular complexity index is 965. The van der Waals surface area contributed by atoms with E-state index in [9.17, 15) is 9.90 Å². The van der Waals surface area contributed by atoms with E-state index < -0.39 is 5.97 Å². The van der Waals surface area contributed by atoms with Crippen molar-refractivity contribution in [2.75, 3.05) is 13.7 Å². The van der Waals surface area contributed by atoms with Crippen LogP contribution in [0.1, 0.15) is 33.1 Å². The predicted octanol–water partition coefficient (Wildman–Crippen LogP) is 3.57. The first kappa shape index (κ1) is 15.7. The molecule has 0 saturated carbocycles. The predicted molar refractivity (Wildman–Crippen MR) is 96.9 cm³/mol. The Hall–Kier alpha value is -2.85. The van der Waals surface area contributed by atoms with Crippen molar-refractivity contribution in [2.24, 2.45) is 0 Å². The second-order valence-corrected chi connectivity index (χ2v) is 6.24. The maximum atomic E-state index is 12.2.